The van der Waals surface area contributed by atoms with E-state index in [0.717, 1.165) is 23.8 Å². The molecule has 1 unspecified atom stereocenters. The van der Waals surface area contributed by atoms with Crippen LogP contribution >= 0.6 is 0 Å². The van der Waals surface area contributed by atoms with Crippen LogP contribution in [0.5, 0.6) is 0 Å². The molecule has 106 valence electrons. The highest BCUT2D eigenvalue weighted by Crippen LogP contribution is 2.32. The van der Waals surface area contributed by atoms with Crippen LogP contribution in [0, 0.1) is 11.8 Å². The van der Waals surface area contributed by atoms with Crippen molar-refractivity contribution in [3.8, 4) is 0 Å². The lowest BCUT2D eigenvalue weighted by Gasteiger charge is -2.30. The lowest BCUT2D eigenvalue weighted by atomic mass is 9.81. The van der Waals surface area contributed by atoms with Gasteiger partial charge in [0.05, 0.1) is 0 Å². The van der Waals surface area contributed by atoms with Crippen molar-refractivity contribution in [2.24, 2.45) is 11.8 Å². The highest BCUT2D eigenvalue weighted by atomic mass is 14.9. The molecular weight excluding hydrogens is 230 g/mol. The van der Waals surface area contributed by atoms with Crippen molar-refractivity contribution in [1.82, 2.24) is 5.32 Å². The van der Waals surface area contributed by atoms with Gasteiger partial charge in [0.2, 0.25) is 0 Å². The van der Waals surface area contributed by atoms with Gasteiger partial charge in [0.15, 0.2) is 0 Å². The Balaban J connectivity index is 1.74. The first-order chi connectivity index (χ1) is 9.16. The average Bonchev–Trinajstić information content (AvgIpc) is 2.46. The van der Waals surface area contributed by atoms with Crippen molar-refractivity contribution in [3.63, 3.8) is 0 Å². The molecule has 0 heterocycles. The highest BCUT2D eigenvalue weighted by Gasteiger charge is 2.22. The van der Waals surface area contributed by atoms with Crippen molar-refractivity contribution in [2.45, 2.75) is 58.4 Å². The van der Waals surface area contributed by atoms with Crippen LogP contribution in [0.2, 0.25) is 0 Å². The van der Waals surface area contributed by atoms with Crippen molar-refractivity contribution in [1.29, 1.82) is 0 Å². The van der Waals surface area contributed by atoms with Gasteiger partial charge >= 0.3 is 0 Å². The van der Waals surface area contributed by atoms with Gasteiger partial charge in [-0.15, -0.1) is 0 Å². The fraction of sp³-hybridized carbons (Fsp3) is 0.667. The van der Waals surface area contributed by atoms with E-state index in [9.17, 15) is 0 Å². The Kier molecular flexibility index (Phi) is 5.45. The summed E-state index contributed by atoms with van der Waals surface area (Å²) in [5.41, 5.74) is 1.54. The second-order valence-electron chi connectivity index (χ2n) is 6.59. The van der Waals surface area contributed by atoms with Crippen molar-refractivity contribution < 1.29 is 0 Å². The van der Waals surface area contributed by atoms with E-state index in [2.05, 4.69) is 56.4 Å². The number of hydrogen-bond acceptors (Lipinski definition) is 1. The highest BCUT2D eigenvalue weighted by molar-refractivity contribution is 5.20. The normalized spacial score (nSPS) is 25.5. The summed E-state index contributed by atoms with van der Waals surface area (Å²) in [6, 6.07) is 11.8. The van der Waals surface area contributed by atoms with Gasteiger partial charge < -0.3 is 5.32 Å². The lowest BCUT2D eigenvalue weighted by molar-refractivity contribution is 0.306. The largest absolute Gasteiger partial charge is 0.314 e. The van der Waals surface area contributed by atoms with E-state index >= 15 is 0 Å². The molecule has 2 rings (SSSR count). The van der Waals surface area contributed by atoms with E-state index in [4.69, 9.17) is 0 Å². The first-order valence-electron chi connectivity index (χ1n) is 7.95. The first-order valence-corrected chi connectivity index (χ1v) is 7.95. The molecule has 1 fully saturated rings. The van der Waals surface area contributed by atoms with Crippen LogP contribution in [0.1, 0.15) is 57.9 Å². The molecule has 19 heavy (non-hydrogen) atoms. The Labute approximate surface area is 118 Å². The summed E-state index contributed by atoms with van der Waals surface area (Å²) in [6.07, 6.45) is 5.37. The predicted octanol–water partition coefficient (Wildman–Crippen LogP) is 4.59. The minimum Gasteiger partial charge on any atom is -0.314 e. The maximum Gasteiger partial charge on any atom is 0.00676 e. The molecular formula is C18H29N. The van der Waals surface area contributed by atoms with Crippen molar-refractivity contribution in [2.75, 3.05) is 6.54 Å². The van der Waals surface area contributed by atoms with E-state index in [0.29, 0.717) is 0 Å². The lowest BCUT2D eigenvalue weighted by Crippen LogP contribution is -2.36. The second kappa shape index (κ2) is 7.09. The second-order valence-corrected chi connectivity index (χ2v) is 6.59. The third-order valence-corrected chi connectivity index (χ3v) is 4.86. The van der Waals surface area contributed by atoms with Crippen LogP contribution in [0.4, 0.5) is 0 Å². The molecule has 0 radical (unpaired) electrons. The van der Waals surface area contributed by atoms with Gasteiger partial charge in [0, 0.05) is 6.04 Å². The molecule has 0 aromatic heterocycles. The Morgan fingerprint density at radius 3 is 2.21 bits per heavy atom. The van der Waals surface area contributed by atoms with Crippen LogP contribution in [-0.2, 0) is 0 Å². The molecule has 1 atom stereocenters. The quantitative estimate of drug-likeness (QED) is 0.815. The van der Waals surface area contributed by atoms with E-state index in [-0.39, 0.29) is 0 Å². The van der Waals surface area contributed by atoms with Crippen LogP contribution in [0.3, 0.4) is 0 Å². The van der Waals surface area contributed by atoms with Gasteiger partial charge in [-0.3, -0.25) is 0 Å². The number of nitrogens with one attached hydrogen (secondary N) is 1. The maximum atomic E-state index is 3.77. The summed E-state index contributed by atoms with van der Waals surface area (Å²) < 4.78 is 0. The average molecular weight is 259 g/mol. The molecule has 0 bridgehead atoms. The number of rotatable bonds is 5. The predicted molar refractivity (Wildman–Crippen MR) is 83.4 cm³/mol. The molecule has 1 N–H and O–H groups in total. The van der Waals surface area contributed by atoms with E-state index in [1.165, 1.54) is 37.8 Å². The smallest absolute Gasteiger partial charge is 0.00676 e. The standard InChI is InChI=1S/C18H29N/c1-14(2)15(3)13-19-18-11-9-17(10-12-18)16-7-5-4-6-8-16/h4-8,14-15,17-19H,9-13H2,1-3H3. The van der Waals surface area contributed by atoms with Gasteiger partial charge in [-0.2, -0.15) is 0 Å². The minimum atomic E-state index is 0.751. The number of hydrogen-bond donors (Lipinski definition) is 1. The molecule has 0 aliphatic heterocycles. The van der Waals surface area contributed by atoms with Gasteiger partial charge in [0.25, 0.3) is 0 Å². The fourth-order valence-corrected chi connectivity index (χ4v) is 2.94. The molecule has 0 spiro atoms. The zero-order valence-corrected chi connectivity index (χ0v) is 12.7. The zero-order valence-electron chi connectivity index (χ0n) is 12.7. The summed E-state index contributed by atoms with van der Waals surface area (Å²) in [6.45, 7) is 8.17. The van der Waals surface area contributed by atoms with Crippen LogP contribution in [0.25, 0.3) is 0 Å². The third kappa shape index (κ3) is 4.35. The summed E-state index contributed by atoms with van der Waals surface area (Å²) in [5, 5.41) is 3.77. The minimum absolute atomic E-state index is 0.751. The van der Waals surface area contributed by atoms with Crippen LogP contribution in [0.15, 0.2) is 30.3 Å². The summed E-state index contributed by atoms with van der Waals surface area (Å²) >= 11 is 0. The monoisotopic (exact) mass is 259 g/mol. The molecule has 1 saturated carbocycles. The number of benzene rings is 1. The summed E-state index contributed by atoms with van der Waals surface area (Å²) in [5.74, 6) is 2.36. The Hall–Kier alpha value is -0.820. The molecule has 1 aliphatic rings. The van der Waals surface area contributed by atoms with Crippen LogP contribution in [-0.4, -0.2) is 12.6 Å². The molecule has 0 saturated heterocycles. The van der Waals surface area contributed by atoms with Crippen molar-refractivity contribution in [3.05, 3.63) is 35.9 Å². The van der Waals surface area contributed by atoms with Gasteiger partial charge in [-0.25, -0.2) is 0 Å². The SMILES string of the molecule is CC(C)C(C)CNC1CCC(c2ccccc2)CC1. The molecule has 1 nitrogen and oxygen atoms in total. The summed E-state index contributed by atoms with van der Waals surface area (Å²) in [7, 11) is 0. The van der Waals surface area contributed by atoms with Gasteiger partial charge in [-0.05, 0) is 55.5 Å². The van der Waals surface area contributed by atoms with Crippen molar-refractivity contribution >= 4 is 0 Å². The van der Waals surface area contributed by atoms with E-state index in [1.807, 2.05) is 0 Å². The fourth-order valence-electron chi connectivity index (χ4n) is 2.94. The third-order valence-electron chi connectivity index (χ3n) is 4.86. The molecule has 1 aromatic carbocycles. The Morgan fingerprint density at radius 1 is 1.00 bits per heavy atom. The Bertz CT molecular complexity index is 349. The topological polar surface area (TPSA) is 12.0 Å². The zero-order chi connectivity index (χ0) is 13.7. The molecule has 1 aliphatic carbocycles. The van der Waals surface area contributed by atoms with Gasteiger partial charge in [-0.1, -0.05) is 51.1 Å². The Morgan fingerprint density at radius 2 is 1.63 bits per heavy atom. The molecule has 1 heteroatoms. The molecule has 0 amide bonds. The van der Waals surface area contributed by atoms with E-state index < -0.39 is 0 Å². The van der Waals surface area contributed by atoms with Crippen LogP contribution < -0.4 is 5.32 Å². The summed E-state index contributed by atoms with van der Waals surface area (Å²) in [4.78, 5) is 0. The first kappa shape index (κ1) is 14.6. The molecule has 1 aromatic rings. The maximum absolute atomic E-state index is 3.77. The van der Waals surface area contributed by atoms with Gasteiger partial charge in [0.1, 0.15) is 0 Å². The van der Waals surface area contributed by atoms with E-state index in [1.54, 1.807) is 0 Å².